The van der Waals surface area contributed by atoms with Crippen LogP contribution in [0.3, 0.4) is 0 Å². The van der Waals surface area contributed by atoms with Gasteiger partial charge in [-0.2, -0.15) is 13.2 Å². The second-order valence-corrected chi connectivity index (χ2v) is 4.78. The molecule has 5 heteroatoms. The second kappa shape index (κ2) is 3.79. The number of nitrogens with two attached hydrogens (primary N) is 1. The van der Waals surface area contributed by atoms with Gasteiger partial charge in [0.1, 0.15) is 6.04 Å². The van der Waals surface area contributed by atoms with Crippen molar-refractivity contribution in [3.05, 3.63) is 21.4 Å². The average molecular weight is 235 g/mol. The van der Waals surface area contributed by atoms with Crippen LogP contribution >= 0.6 is 11.3 Å². The summed E-state index contributed by atoms with van der Waals surface area (Å²) in [5.74, 6) is 0. The molecule has 2 N–H and O–H groups in total. The predicted molar refractivity (Wildman–Crippen MR) is 53.9 cm³/mol. The van der Waals surface area contributed by atoms with Crippen LogP contribution in [0.1, 0.15) is 34.9 Å². The van der Waals surface area contributed by atoms with Gasteiger partial charge in [0.25, 0.3) is 0 Å². The Morgan fingerprint density at radius 3 is 2.60 bits per heavy atom. The maximum atomic E-state index is 12.5. The highest BCUT2D eigenvalue weighted by Gasteiger charge is 2.39. The van der Waals surface area contributed by atoms with Crippen molar-refractivity contribution in [2.24, 2.45) is 5.73 Å². The monoisotopic (exact) mass is 235 g/mol. The van der Waals surface area contributed by atoms with Crippen molar-refractivity contribution >= 4 is 11.3 Å². The Balaban J connectivity index is 2.33. The third kappa shape index (κ3) is 2.03. The standard InChI is InChI=1S/C10H12F3NS/c11-10(12,13)9(14)7-5-15-8-4-2-1-3-6(7)8/h5,9H,1-4,14H2. The minimum atomic E-state index is -4.33. The molecule has 2 rings (SSSR count). The molecule has 0 spiro atoms. The lowest BCUT2D eigenvalue weighted by Crippen LogP contribution is -2.29. The molecule has 0 amide bonds. The van der Waals surface area contributed by atoms with E-state index in [1.54, 1.807) is 5.38 Å². The number of thiophene rings is 1. The Morgan fingerprint density at radius 2 is 1.93 bits per heavy atom. The summed E-state index contributed by atoms with van der Waals surface area (Å²) in [6, 6.07) is -1.81. The van der Waals surface area contributed by atoms with Gasteiger partial charge in [-0.05, 0) is 42.2 Å². The van der Waals surface area contributed by atoms with Crippen molar-refractivity contribution in [3.8, 4) is 0 Å². The third-order valence-electron chi connectivity index (χ3n) is 2.78. The van der Waals surface area contributed by atoms with E-state index in [-0.39, 0.29) is 0 Å². The van der Waals surface area contributed by atoms with E-state index in [4.69, 9.17) is 5.73 Å². The van der Waals surface area contributed by atoms with E-state index >= 15 is 0 Å². The van der Waals surface area contributed by atoms with E-state index < -0.39 is 12.2 Å². The van der Waals surface area contributed by atoms with Crippen LogP contribution in [0.25, 0.3) is 0 Å². The van der Waals surface area contributed by atoms with Crippen molar-refractivity contribution in [2.75, 3.05) is 0 Å². The number of halogens is 3. The largest absolute Gasteiger partial charge is 0.407 e. The number of alkyl halides is 3. The summed E-state index contributed by atoms with van der Waals surface area (Å²) >= 11 is 1.42. The Labute approximate surface area is 90.1 Å². The summed E-state index contributed by atoms with van der Waals surface area (Å²) in [7, 11) is 0. The summed E-state index contributed by atoms with van der Waals surface area (Å²) in [5, 5.41) is 1.58. The van der Waals surface area contributed by atoms with Gasteiger partial charge in [0.15, 0.2) is 0 Å². The fourth-order valence-corrected chi connectivity index (χ4v) is 3.14. The smallest absolute Gasteiger partial charge is 0.316 e. The molecule has 1 heterocycles. The Hall–Kier alpha value is -0.550. The van der Waals surface area contributed by atoms with Crippen LogP contribution in [-0.2, 0) is 12.8 Å². The number of rotatable bonds is 1. The predicted octanol–water partition coefficient (Wildman–Crippen LogP) is 3.19. The van der Waals surface area contributed by atoms with Crippen LogP contribution in [0.5, 0.6) is 0 Å². The fraction of sp³-hybridized carbons (Fsp3) is 0.600. The Bertz CT molecular complexity index is 356. The first-order chi connectivity index (χ1) is 7.00. The lowest BCUT2D eigenvalue weighted by Gasteiger charge is -2.19. The molecule has 0 aliphatic heterocycles. The van der Waals surface area contributed by atoms with Crippen LogP contribution in [0, 0.1) is 0 Å². The Morgan fingerprint density at radius 1 is 1.27 bits per heavy atom. The molecule has 15 heavy (non-hydrogen) atoms. The number of aryl methyl sites for hydroxylation is 1. The van der Waals surface area contributed by atoms with Crippen molar-refractivity contribution < 1.29 is 13.2 Å². The highest BCUT2D eigenvalue weighted by Crippen LogP contribution is 2.38. The normalized spacial score (nSPS) is 18.7. The van der Waals surface area contributed by atoms with Crippen molar-refractivity contribution in [2.45, 2.75) is 37.9 Å². The number of hydrogen-bond acceptors (Lipinski definition) is 2. The number of hydrogen-bond donors (Lipinski definition) is 1. The Kier molecular flexibility index (Phi) is 2.77. The van der Waals surface area contributed by atoms with Gasteiger partial charge >= 0.3 is 6.18 Å². The summed E-state index contributed by atoms with van der Waals surface area (Å²) in [6.07, 6.45) is -0.621. The summed E-state index contributed by atoms with van der Waals surface area (Å²) < 4.78 is 37.4. The highest BCUT2D eigenvalue weighted by atomic mass is 32.1. The molecule has 0 fully saturated rings. The lowest BCUT2D eigenvalue weighted by molar-refractivity contribution is -0.149. The van der Waals surface area contributed by atoms with Gasteiger partial charge in [-0.1, -0.05) is 0 Å². The lowest BCUT2D eigenvalue weighted by atomic mass is 9.93. The zero-order chi connectivity index (χ0) is 11.1. The van der Waals surface area contributed by atoms with Crippen molar-refractivity contribution in [3.63, 3.8) is 0 Å². The molecule has 0 bridgehead atoms. The molecule has 0 saturated carbocycles. The zero-order valence-corrected chi connectivity index (χ0v) is 8.92. The van der Waals surface area contributed by atoms with Crippen LogP contribution in [-0.4, -0.2) is 6.18 Å². The first kappa shape index (κ1) is 11.0. The molecule has 1 aliphatic carbocycles. The van der Waals surface area contributed by atoms with Crippen LogP contribution in [0.2, 0.25) is 0 Å². The van der Waals surface area contributed by atoms with Gasteiger partial charge in [-0.15, -0.1) is 11.3 Å². The van der Waals surface area contributed by atoms with Gasteiger partial charge in [-0.25, -0.2) is 0 Å². The molecule has 1 nitrogen and oxygen atoms in total. The molecule has 1 aromatic heterocycles. The topological polar surface area (TPSA) is 26.0 Å². The van der Waals surface area contributed by atoms with Crippen molar-refractivity contribution in [1.82, 2.24) is 0 Å². The van der Waals surface area contributed by atoms with Gasteiger partial charge in [-0.3, -0.25) is 0 Å². The van der Waals surface area contributed by atoms with Gasteiger partial charge in [0, 0.05) is 4.88 Å². The SMILES string of the molecule is NC(c1csc2c1CCCC2)C(F)(F)F. The quantitative estimate of drug-likeness (QED) is 0.794. The van der Waals surface area contributed by atoms with Crippen LogP contribution in [0.4, 0.5) is 13.2 Å². The molecule has 1 aromatic rings. The molecule has 1 aliphatic rings. The minimum Gasteiger partial charge on any atom is -0.316 e. The van der Waals surface area contributed by atoms with Gasteiger partial charge in [0.2, 0.25) is 0 Å². The first-order valence-corrected chi connectivity index (χ1v) is 5.79. The zero-order valence-electron chi connectivity index (χ0n) is 8.10. The fourth-order valence-electron chi connectivity index (χ4n) is 1.96. The third-order valence-corrected chi connectivity index (χ3v) is 3.89. The van der Waals surface area contributed by atoms with E-state index in [0.717, 1.165) is 36.1 Å². The summed E-state index contributed by atoms with van der Waals surface area (Å²) in [4.78, 5) is 1.09. The maximum Gasteiger partial charge on any atom is 0.407 e. The first-order valence-electron chi connectivity index (χ1n) is 4.91. The summed E-state index contributed by atoms with van der Waals surface area (Å²) in [6.45, 7) is 0. The average Bonchev–Trinajstić information content (AvgIpc) is 2.58. The highest BCUT2D eigenvalue weighted by molar-refractivity contribution is 7.10. The van der Waals surface area contributed by atoms with Crippen molar-refractivity contribution in [1.29, 1.82) is 0 Å². The van der Waals surface area contributed by atoms with E-state index in [2.05, 4.69) is 0 Å². The van der Waals surface area contributed by atoms with E-state index in [1.807, 2.05) is 0 Å². The second-order valence-electron chi connectivity index (χ2n) is 3.82. The molecule has 84 valence electrons. The molecule has 0 radical (unpaired) electrons. The molecule has 1 unspecified atom stereocenters. The molecule has 0 saturated heterocycles. The minimum absolute atomic E-state index is 0.294. The summed E-state index contributed by atoms with van der Waals surface area (Å²) in [5.41, 5.74) is 6.37. The number of fused-ring (bicyclic) bond motifs is 1. The van der Waals surface area contributed by atoms with E-state index in [0.29, 0.717) is 5.56 Å². The maximum absolute atomic E-state index is 12.5. The van der Waals surface area contributed by atoms with E-state index in [9.17, 15) is 13.2 Å². The van der Waals surface area contributed by atoms with Crippen LogP contribution < -0.4 is 5.73 Å². The van der Waals surface area contributed by atoms with Gasteiger partial charge < -0.3 is 5.73 Å². The molecular formula is C10H12F3NS. The van der Waals surface area contributed by atoms with Gasteiger partial charge in [0.05, 0.1) is 0 Å². The van der Waals surface area contributed by atoms with E-state index in [1.165, 1.54) is 11.3 Å². The molecular weight excluding hydrogens is 223 g/mol. The molecule has 1 atom stereocenters. The van der Waals surface area contributed by atoms with Crippen LogP contribution in [0.15, 0.2) is 5.38 Å². The molecule has 0 aromatic carbocycles.